The Bertz CT molecular complexity index is 982. The van der Waals surface area contributed by atoms with Crippen molar-refractivity contribution in [2.45, 2.75) is 10.1 Å². The summed E-state index contributed by atoms with van der Waals surface area (Å²) >= 11 is 0. The Morgan fingerprint density at radius 1 is 0.870 bits per heavy atom. The molecule has 0 saturated heterocycles. The fraction of sp³-hybridized carbons (Fsp3) is 0. The molecule has 0 spiro atoms. The highest BCUT2D eigenvalue weighted by molar-refractivity contribution is 7.84. The van der Waals surface area contributed by atoms with E-state index in [0.29, 0.717) is 16.0 Å². The molecule has 0 aliphatic carbocycles. The van der Waals surface area contributed by atoms with Crippen LogP contribution in [-0.4, -0.2) is 14.2 Å². The molecule has 0 bridgehead atoms. The van der Waals surface area contributed by atoms with Crippen molar-refractivity contribution in [2.24, 2.45) is 0 Å². The first-order chi connectivity index (χ1) is 11.3. The number of para-hydroxylation sites is 1. The van der Waals surface area contributed by atoms with Crippen LogP contribution in [0.2, 0.25) is 0 Å². The highest BCUT2D eigenvalue weighted by Gasteiger charge is 2.17. The van der Waals surface area contributed by atoms with E-state index in [1.807, 2.05) is 54.6 Å². The summed E-state index contributed by atoms with van der Waals surface area (Å²) in [5.41, 5.74) is 2.95. The van der Waals surface area contributed by atoms with E-state index in [1.165, 1.54) is 0 Å². The normalized spacial score (nSPS) is 12.3. The molecule has 0 N–H and O–H groups in total. The van der Waals surface area contributed by atoms with Crippen LogP contribution in [0.25, 0.3) is 22.4 Å². The van der Waals surface area contributed by atoms with Gasteiger partial charge in [-0.2, -0.15) is 0 Å². The molecule has 4 nitrogen and oxygen atoms in total. The Hall–Kier alpha value is -2.79. The number of aromatic nitrogens is 2. The van der Waals surface area contributed by atoms with Gasteiger partial charge in [-0.15, -0.1) is 0 Å². The van der Waals surface area contributed by atoms with Gasteiger partial charge in [0.1, 0.15) is 16.3 Å². The van der Waals surface area contributed by atoms with Crippen molar-refractivity contribution in [3.8, 4) is 11.3 Å². The lowest BCUT2D eigenvalue weighted by atomic mass is 10.1. The molecular weight excluding hydrogens is 308 g/mol. The maximum absolute atomic E-state index is 12.6. The van der Waals surface area contributed by atoms with E-state index in [4.69, 9.17) is 4.42 Å². The highest BCUT2D eigenvalue weighted by atomic mass is 32.2. The van der Waals surface area contributed by atoms with Crippen LogP contribution in [0.5, 0.6) is 0 Å². The topological polar surface area (TPSA) is 56.0 Å². The van der Waals surface area contributed by atoms with Gasteiger partial charge in [0, 0.05) is 16.7 Å². The highest BCUT2D eigenvalue weighted by Crippen LogP contribution is 2.29. The number of hydrogen-bond donors (Lipinski definition) is 0. The average Bonchev–Trinajstić information content (AvgIpc) is 3.06. The fourth-order valence-corrected chi connectivity index (χ4v) is 3.33. The monoisotopic (exact) mass is 320 g/mol. The number of rotatable bonds is 3. The van der Waals surface area contributed by atoms with Crippen LogP contribution in [-0.2, 0) is 10.8 Å². The van der Waals surface area contributed by atoms with Crippen molar-refractivity contribution < 1.29 is 8.63 Å². The van der Waals surface area contributed by atoms with Gasteiger partial charge in [0.25, 0.3) is 5.22 Å². The summed E-state index contributed by atoms with van der Waals surface area (Å²) in [6.45, 7) is 0. The average molecular weight is 320 g/mol. The van der Waals surface area contributed by atoms with E-state index in [9.17, 15) is 4.21 Å². The third-order valence-electron chi connectivity index (χ3n) is 3.46. The van der Waals surface area contributed by atoms with Gasteiger partial charge in [0.15, 0.2) is 5.58 Å². The molecule has 0 saturated carbocycles. The Morgan fingerprint density at radius 2 is 1.70 bits per heavy atom. The van der Waals surface area contributed by atoms with Gasteiger partial charge < -0.3 is 4.42 Å². The molecule has 0 amide bonds. The lowest BCUT2D eigenvalue weighted by molar-refractivity contribution is 0.478. The van der Waals surface area contributed by atoms with Gasteiger partial charge >= 0.3 is 0 Å². The van der Waals surface area contributed by atoms with E-state index >= 15 is 0 Å². The van der Waals surface area contributed by atoms with Crippen molar-refractivity contribution in [1.29, 1.82) is 0 Å². The lowest BCUT2D eigenvalue weighted by Gasteiger charge is -1.99. The third kappa shape index (κ3) is 2.55. The lowest BCUT2D eigenvalue weighted by Crippen LogP contribution is -1.92. The van der Waals surface area contributed by atoms with E-state index in [1.54, 1.807) is 18.3 Å². The van der Waals surface area contributed by atoms with E-state index < -0.39 is 10.8 Å². The number of pyridine rings is 1. The summed E-state index contributed by atoms with van der Waals surface area (Å²) in [7, 11) is -1.44. The van der Waals surface area contributed by atoms with Gasteiger partial charge in [-0.25, -0.2) is 9.19 Å². The Labute approximate surface area is 135 Å². The predicted octanol–water partition coefficient (Wildman–Crippen LogP) is 4.06. The first-order valence-corrected chi connectivity index (χ1v) is 8.26. The van der Waals surface area contributed by atoms with E-state index in [-0.39, 0.29) is 5.22 Å². The fourth-order valence-electron chi connectivity index (χ4n) is 2.38. The van der Waals surface area contributed by atoms with Crippen molar-refractivity contribution >= 4 is 21.9 Å². The van der Waals surface area contributed by atoms with Gasteiger partial charge in [-0.3, -0.25) is 4.98 Å². The Kier molecular flexibility index (Phi) is 3.48. The Balaban J connectivity index is 1.85. The van der Waals surface area contributed by atoms with Crippen molar-refractivity contribution in [3.63, 3.8) is 0 Å². The molecule has 0 aliphatic heterocycles. The molecule has 112 valence electrons. The summed E-state index contributed by atoms with van der Waals surface area (Å²) in [5.74, 6) is 0. The zero-order valence-electron chi connectivity index (χ0n) is 12.0. The standard InChI is InChI=1S/C18H12N2O2S/c21-23(13-7-2-1-3-8-13)18-20-17-14(9-6-11-16(17)22-18)15-10-4-5-12-19-15/h1-12H. The number of nitrogens with zero attached hydrogens (tertiary/aromatic N) is 2. The largest absolute Gasteiger partial charge is 0.429 e. The molecule has 0 aliphatic rings. The van der Waals surface area contributed by atoms with Gasteiger partial charge in [-0.1, -0.05) is 36.4 Å². The molecular formula is C18H12N2O2S. The maximum Gasteiger partial charge on any atom is 0.292 e. The molecule has 0 radical (unpaired) electrons. The molecule has 0 fully saturated rings. The van der Waals surface area contributed by atoms with E-state index in [2.05, 4.69) is 9.97 Å². The predicted molar refractivity (Wildman–Crippen MR) is 88.4 cm³/mol. The number of oxazole rings is 1. The molecule has 4 aromatic rings. The zero-order valence-corrected chi connectivity index (χ0v) is 12.9. The quantitative estimate of drug-likeness (QED) is 0.571. The number of hydrogen-bond acceptors (Lipinski definition) is 4. The zero-order chi connectivity index (χ0) is 15.6. The minimum Gasteiger partial charge on any atom is -0.429 e. The minimum absolute atomic E-state index is 0.203. The SMILES string of the molecule is O=S(c1ccccc1)c1nc2c(-c3ccccn3)cccc2o1. The summed E-state index contributed by atoms with van der Waals surface area (Å²) in [4.78, 5) is 9.48. The van der Waals surface area contributed by atoms with E-state index in [0.717, 1.165) is 11.3 Å². The molecule has 23 heavy (non-hydrogen) atoms. The van der Waals surface area contributed by atoms with Crippen molar-refractivity contribution in [1.82, 2.24) is 9.97 Å². The van der Waals surface area contributed by atoms with Crippen LogP contribution >= 0.6 is 0 Å². The molecule has 2 heterocycles. The molecule has 5 heteroatoms. The molecule has 4 rings (SSSR count). The Morgan fingerprint density at radius 3 is 2.48 bits per heavy atom. The van der Waals surface area contributed by atoms with Gasteiger partial charge in [-0.05, 0) is 30.3 Å². The maximum atomic E-state index is 12.6. The minimum atomic E-state index is -1.44. The molecule has 1 unspecified atom stereocenters. The van der Waals surface area contributed by atoms with Crippen LogP contribution in [0.4, 0.5) is 0 Å². The van der Waals surface area contributed by atoms with Crippen molar-refractivity contribution in [2.75, 3.05) is 0 Å². The second-order valence-corrected chi connectivity index (χ2v) is 6.29. The summed E-state index contributed by atoms with van der Waals surface area (Å²) in [6, 6.07) is 20.5. The summed E-state index contributed by atoms with van der Waals surface area (Å²) in [5, 5.41) is 0.203. The summed E-state index contributed by atoms with van der Waals surface area (Å²) < 4.78 is 18.3. The van der Waals surface area contributed by atoms with Gasteiger partial charge in [0.05, 0.1) is 5.69 Å². The number of benzene rings is 2. The third-order valence-corrected chi connectivity index (χ3v) is 4.65. The second-order valence-electron chi connectivity index (χ2n) is 4.93. The molecule has 2 aromatic carbocycles. The number of fused-ring (bicyclic) bond motifs is 1. The van der Waals surface area contributed by atoms with Crippen molar-refractivity contribution in [3.05, 3.63) is 72.9 Å². The van der Waals surface area contributed by atoms with Crippen LogP contribution in [0, 0.1) is 0 Å². The molecule has 2 aromatic heterocycles. The van der Waals surface area contributed by atoms with Crippen LogP contribution < -0.4 is 0 Å². The second kappa shape index (κ2) is 5.78. The smallest absolute Gasteiger partial charge is 0.292 e. The molecule has 1 atom stereocenters. The first kappa shape index (κ1) is 13.8. The van der Waals surface area contributed by atoms with Crippen LogP contribution in [0.15, 0.2) is 87.5 Å². The van der Waals surface area contributed by atoms with Crippen LogP contribution in [0.1, 0.15) is 0 Å². The summed E-state index contributed by atoms with van der Waals surface area (Å²) in [6.07, 6.45) is 1.73. The van der Waals surface area contributed by atoms with Gasteiger partial charge in [0.2, 0.25) is 0 Å². The van der Waals surface area contributed by atoms with Crippen LogP contribution in [0.3, 0.4) is 0 Å². The first-order valence-electron chi connectivity index (χ1n) is 7.11.